The zero-order valence-electron chi connectivity index (χ0n) is 18.8. The molecule has 4 aromatic heterocycles. The lowest BCUT2D eigenvalue weighted by Gasteiger charge is -2.12. The minimum Gasteiger partial charge on any atom is -0.293 e. The summed E-state index contributed by atoms with van der Waals surface area (Å²) in [4.78, 5) is 22.4. The monoisotopic (exact) mass is 424 g/mol. The van der Waals surface area contributed by atoms with Crippen molar-refractivity contribution in [3.63, 3.8) is 0 Å². The number of nitrogens with zero attached hydrogens (tertiary/aromatic N) is 6. The predicted molar refractivity (Wildman–Crippen MR) is 131 cm³/mol. The summed E-state index contributed by atoms with van der Waals surface area (Å²) in [5, 5.41) is 5.42. The SMILES string of the molecule is CBc1cc2ncc3c(c2cc1-c1cnn(CC)c1)n(-c1ccncc1CC)c(=O)n3C. The standard InChI is InChI=1S/C24H25BN6O/c1-5-15-11-26-8-7-21(15)31-23-18-9-17(16-12-28-30(6-2)14-16)19(25-3)10-20(18)27-13-22(23)29(4)24(31)32/h7-14,25H,5-6H2,1-4H3. The van der Waals surface area contributed by atoms with Crippen LogP contribution in [0.4, 0.5) is 0 Å². The Kier molecular flexibility index (Phi) is 4.92. The van der Waals surface area contributed by atoms with Gasteiger partial charge in [0.15, 0.2) is 7.28 Å². The second-order valence-corrected chi connectivity index (χ2v) is 7.99. The number of imidazole rings is 1. The molecule has 5 aromatic rings. The van der Waals surface area contributed by atoms with Crippen LogP contribution in [0.1, 0.15) is 19.4 Å². The van der Waals surface area contributed by atoms with Gasteiger partial charge in [0.05, 0.1) is 34.6 Å². The van der Waals surface area contributed by atoms with E-state index in [9.17, 15) is 4.79 Å². The second kappa shape index (κ2) is 7.78. The lowest BCUT2D eigenvalue weighted by molar-refractivity contribution is 0.660. The van der Waals surface area contributed by atoms with Crippen LogP contribution in [0.25, 0.3) is 38.8 Å². The molecule has 8 heteroatoms. The smallest absolute Gasteiger partial charge is 0.293 e. The number of aryl methyl sites for hydroxylation is 3. The van der Waals surface area contributed by atoms with Gasteiger partial charge in [-0.15, -0.1) is 0 Å². The van der Waals surface area contributed by atoms with Gasteiger partial charge in [-0.1, -0.05) is 19.2 Å². The molecule has 0 N–H and O–H groups in total. The highest BCUT2D eigenvalue weighted by molar-refractivity contribution is 6.54. The molecular formula is C24H25BN6O. The number of pyridine rings is 2. The summed E-state index contributed by atoms with van der Waals surface area (Å²) in [5.74, 6) is 0. The summed E-state index contributed by atoms with van der Waals surface area (Å²) in [6.45, 7) is 7.12. The topological polar surface area (TPSA) is 70.5 Å². The first-order valence-corrected chi connectivity index (χ1v) is 11.1. The third kappa shape index (κ3) is 2.98. The lowest BCUT2D eigenvalue weighted by atomic mass is 9.69. The van der Waals surface area contributed by atoms with E-state index in [2.05, 4.69) is 49.1 Å². The van der Waals surface area contributed by atoms with Gasteiger partial charge in [0.1, 0.15) is 0 Å². The van der Waals surface area contributed by atoms with Crippen molar-refractivity contribution in [1.29, 1.82) is 0 Å². The largest absolute Gasteiger partial charge is 0.333 e. The molecule has 160 valence electrons. The average molecular weight is 424 g/mol. The summed E-state index contributed by atoms with van der Waals surface area (Å²) in [5.41, 5.74) is 7.78. The van der Waals surface area contributed by atoms with E-state index in [1.165, 1.54) is 5.46 Å². The van der Waals surface area contributed by atoms with E-state index in [-0.39, 0.29) is 5.69 Å². The molecule has 0 amide bonds. The normalized spacial score (nSPS) is 11.5. The number of hydrogen-bond acceptors (Lipinski definition) is 4. The summed E-state index contributed by atoms with van der Waals surface area (Å²) >= 11 is 0. The van der Waals surface area contributed by atoms with Crippen molar-refractivity contribution in [2.75, 3.05) is 0 Å². The Bertz CT molecular complexity index is 1530. The molecule has 32 heavy (non-hydrogen) atoms. The van der Waals surface area contributed by atoms with Crippen molar-refractivity contribution in [3.05, 3.63) is 65.2 Å². The van der Waals surface area contributed by atoms with Crippen molar-refractivity contribution in [2.24, 2.45) is 7.05 Å². The highest BCUT2D eigenvalue weighted by Crippen LogP contribution is 2.29. The van der Waals surface area contributed by atoms with Crippen LogP contribution in [0.5, 0.6) is 0 Å². The predicted octanol–water partition coefficient (Wildman–Crippen LogP) is 2.83. The third-order valence-electron chi connectivity index (χ3n) is 6.26. The van der Waals surface area contributed by atoms with Gasteiger partial charge in [-0.3, -0.25) is 23.8 Å². The van der Waals surface area contributed by atoms with E-state index >= 15 is 0 Å². The fourth-order valence-electron chi connectivity index (χ4n) is 4.46. The van der Waals surface area contributed by atoms with E-state index in [0.717, 1.165) is 64.6 Å². The first-order valence-electron chi connectivity index (χ1n) is 11.1. The summed E-state index contributed by atoms with van der Waals surface area (Å²) in [7, 11) is 2.68. The maximum Gasteiger partial charge on any atom is 0.333 e. The lowest BCUT2D eigenvalue weighted by Crippen LogP contribution is -2.21. The molecule has 0 spiro atoms. The molecule has 0 atom stereocenters. The number of aromatic nitrogens is 6. The molecule has 0 saturated carbocycles. The quantitative estimate of drug-likeness (QED) is 0.407. The Morgan fingerprint density at radius 3 is 2.69 bits per heavy atom. The molecule has 5 rings (SSSR count). The van der Waals surface area contributed by atoms with E-state index in [1.54, 1.807) is 24.0 Å². The van der Waals surface area contributed by atoms with Gasteiger partial charge in [0.2, 0.25) is 0 Å². The van der Waals surface area contributed by atoms with Gasteiger partial charge < -0.3 is 0 Å². The first-order chi connectivity index (χ1) is 15.6. The molecule has 0 bridgehead atoms. The Balaban J connectivity index is 1.91. The van der Waals surface area contributed by atoms with Crippen LogP contribution < -0.4 is 11.2 Å². The molecule has 1 aromatic carbocycles. The maximum atomic E-state index is 13.4. The first kappa shape index (κ1) is 20.2. The minimum atomic E-state index is -0.0879. The molecule has 0 aliphatic heterocycles. The highest BCUT2D eigenvalue weighted by atomic mass is 16.1. The van der Waals surface area contributed by atoms with Crippen LogP contribution >= 0.6 is 0 Å². The molecule has 0 aliphatic carbocycles. The molecule has 4 heterocycles. The van der Waals surface area contributed by atoms with Crippen molar-refractivity contribution in [2.45, 2.75) is 33.6 Å². The summed E-state index contributed by atoms with van der Waals surface area (Å²) in [6.07, 6.45) is 10.2. The van der Waals surface area contributed by atoms with E-state index < -0.39 is 0 Å². The zero-order chi connectivity index (χ0) is 22.4. The van der Waals surface area contributed by atoms with E-state index in [0.29, 0.717) is 0 Å². The molecule has 0 aliphatic rings. The van der Waals surface area contributed by atoms with Gasteiger partial charge in [-0.05, 0) is 42.7 Å². The molecular weight excluding hydrogens is 399 g/mol. The van der Waals surface area contributed by atoms with Crippen LogP contribution in [-0.2, 0) is 20.0 Å². The number of benzene rings is 1. The molecule has 0 unspecified atom stereocenters. The van der Waals surface area contributed by atoms with Crippen molar-refractivity contribution in [1.82, 2.24) is 28.9 Å². The number of hydrogen-bond donors (Lipinski definition) is 0. The Morgan fingerprint density at radius 1 is 1.12 bits per heavy atom. The molecule has 0 saturated heterocycles. The Hall–Kier alpha value is -3.68. The summed E-state index contributed by atoms with van der Waals surface area (Å²) in [6, 6.07) is 6.23. The highest BCUT2D eigenvalue weighted by Gasteiger charge is 2.19. The van der Waals surface area contributed by atoms with Gasteiger partial charge in [0.25, 0.3) is 0 Å². The number of rotatable bonds is 5. The zero-order valence-corrected chi connectivity index (χ0v) is 18.8. The third-order valence-corrected chi connectivity index (χ3v) is 6.26. The van der Waals surface area contributed by atoms with Crippen molar-refractivity contribution < 1.29 is 0 Å². The van der Waals surface area contributed by atoms with Gasteiger partial charge >= 0.3 is 5.69 Å². The van der Waals surface area contributed by atoms with Crippen molar-refractivity contribution >= 4 is 34.7 Å². The fraction of sp³-hybridized carbons (Fsp3) is 0.250. The summed E-state index contributed by atoms with van der Waals surface area (Å²) < 4.78 is 5.41. The van der Waals surface area contributed by atoms with Crippen LogP contribution in [0.3, 0.4) is 0 Å². The van der Waals surface area contributed by atoms with E-state index in [1.807, 2.05) is 27.7 Å². The van der Waals surface area contributed by atoms with Crippen molar-refractivity contribution in [3.8, 4) is 16.8 Å². The molecule has 7 nitrogen and oxygen atoms in total. The molecule has 0 radical (unpaired) electrons. The van der Waals surface area contributed by atoms with Crippen LogP contribution in [0.15, 0.2) is 54.0 Å². The average Bonchev–Trinajstić information content (AvgIpc) is 3.41. The maximum absolute atomic E-state index is 13.4. The second-order valence-electron chi connectivity index (χ2n) is 7.99. The number of fused-ring (bicyclic) bond motifs is 3. The Morgan fingerprint density at radius 2 is 1.97 bits per heavy atom. The minimum absolute atomic E-state index is 0.0879. The van der Waals surface area contributed by atoms with Gasteiger partial charge in [-0.25, -0.2) is 4.79 Å². The van der Waals surface area contributed by atoms with Gasteiger partial charge in [-0.2, -0.15) is 5.10 Å². The van der Waals surface area contributed by atoms with Crippen LogP contribution in [-0.4, -0.2) is 36.2 Å². The fourth-order valence-corrected chi connectivity index (χ4v) is 4.46. The van der Waals surface area contributed by atoms with Crippen LogP contribution in [0.2, 0.25) is 6.82 Å². The molecule has 0 fully saturated rings. The van der Waals surface area contributed by atoms with Crippen LogP contribution in [0, 0.1) is 0 Å². The van der Waals surface area contributed by atoms with E-state index in [4.69, 9.17) is 4.98 Å². The van der Waals surface area contributed by atoms with Gasteiger partial charge in [0, 0.05) is 43.1 Å². The Labute approximate surface area is 186 Å².